The van der Waals surface area contributed by atoms with Gasteiger partial charge in [-0.25, -0.2) is 4.98 Å². The normalized spacial score (nSPS) is 15.8. The van der Waals surface area contributed by atoms with Crippen molar-refractivity contribution in [3.63, 3.8) is 0 Å². The molecule has 0 aliphatic carbocycles. The molecule has 0 spiro atoms. The van der Waals surface area contributed by atoms with Gasteiger partial charge in [-0.3, -0.25) is 9.20 Å². The first kappa shape index (κ1) is 19.4. The second kappa shape index (κ2) is 7.51. The van der Waals surface area contributed by atoms with E-state index in [4.69, 9.17) is 0 Å². The molecule has 1 aromatic carbocycles. The molecule has 0 atom stereocenters. The van der Waals surface area contributed by atoms with E-state index < -0.39 is 11.7 Å². The van der Waals surface area contributed by atoms with Crippen molar-refractivity contribution in [3.8, 4) is 0 Å². The highest BCUT2D eigenvalue weighted by Crippen LogP contribution is 2.31. The first-order chi connectivity index (χ1) is 13.8. The maximum absolute atomic E-state index is 13.0. The average molecular weight is 403 g/mol. The molecule has 0 radical (unpaired) electrons. The minimum Gasteiger partial charge on any atom is -0.360 e. The topological polar surface area (TPSA) is 42.0 Å². The van der Waals surface area contributed by atoms with E-state index in [2.05, 4.69) is 4.98 Å². The summed E-state index contributed by atoms with van der Waals surface area (Å²) in [5.74, 6) is 0. The fraction of sp³-hybridized carbons (Fsp3) is 0.333. The van der Waals surface area contributed by atoms with Crippen LogP contribution in [0.5, 0.6) is 0 Å². The Labute approximate surface area is 166 Å². The molecule has 29 heavy (non-hydrogen) atoms. The predicted molar refractivity (Wildman–Crippen MR) is 104 cm³/mol. The first-order valence-corrected chi connectivity index (χ1v) is 9.55. The number of hydrogen-bond acceptors (Lipinski definition) is 3. The standard InChI is InChI=1S/C21H21F3N4O/c1-15-4-2-7-19-25-17(13-20(29)28(15)19)14-26-8-10-27(11-9-26)18-6-3-5-16(12-18)21(22,23)24/h2-7,12-13H,8-11,14H2,1H3/p+1. The molecule has 0 unspecified atom stereocenters. The van der Waals surface area contributed by atoms with Crippen molar-refractivity contribution in [3.05, 3.63) is 75.8 Å². The van der Waals surface area contributed by atoms with Crippen LogP contribution in [-0.4, -0.2) is 35.6 Å². The quantitative estimate of drug-likeness (QED) is 0.727. The molecule has 8 heteroatoms. The summed E-state index contributed by atoms with van der Waals surface area (Å²) in [6, 6.07) is 12.6. The fourth-order valence-corrected chi connectivity index (χ4v) is 3.85. The first-order valence-electron chi connectivity index (χ1n) is 9.55. The number of pyridine rings is 1. The monoisotopic (exact) mass is 403 g/mol. The average Bonchev–Trinajstić information content (AvgIpc) is 2.68. The van der Waals surface area contributed by atoms with Crippen LogP contribution >= 0.6 is 0 Å². The molecule has 4 rings (SSSR count). The lowest BCUT2D eigenvalue weighted by Gasteiger charge is -2.33. The second-order valence-corrected chi connectivity index (χ2v) is 7.41. The number of nitrogens with one attached hydrogen (secondary N) is 1. The van der Waals surface area contributed by atoms with Crippen molar-refractivity contribution in [2.75, 3.05) is 31.1 Å². The molecule has 1 aliphatic rings. The van der Waals surface area contributed by atoms with Crippen molar-refractivity contribution >= 4 is 11.3 Å². The molecule has 152 valence electrons. The van der Waals surface area contributed by atoms with Crippen molar-refractivity contribution in [1.82, 2.24) is 9.38 Å². The Hall–Kier alpha value is -2.87. The van der Waals surface area contributed by atoms with Crippen LogP contribution < -0.4 is 15.4 Å². The summed E-state index contributed by atoms with van der Waals surface area (Å²) in [6.45, 7) is 5.34. The van der Waals surface area contributed by atoms with Crippen LogP contribution in [0.4, 0.5) is 18.9 Å². The summed E-state index contributed by atoms with van der Waals surface area (Å²) in [7, 11) is 0. The third-order valence-electron chi connectivity index (χ3n) is 5.37. The Morgan fingerprint density at radius 2 is 1.79 bits per heavy atom. The molecule has 1 aliphatic heterocycles. The summed E-state index contributed by atoms with van der Waals surface area (Å²) < 4.78 is 40.4. The molecule has 1 saturated heterocycles. The maximum Gasteiger partial charge on any atom is 0.416 e. The van der Waals surface area contributed by atoms with Crippen LogP contribution in [0.15, 0.2) is 53.3 Å². The zero-order chi connectivity index (χ0) is 20.6. The van der Waals surface area contributed by atoms with Gasteiger partial charge in [0.25, 0.3) is 5.56 Å². The molecule has 2 aromatic heterocycles. The van der Waals surface area contributed by atoms with Crippen LogP contribution in [0.3, 0.4) is 0 Å². The van der Waals surface area contributed by atoms with Gasteiger partial charge < -0.3 is 9.80 Å². The number of aryl methyl sites for hydroxylation is 1. The number of halogens is 3. The molecule has 1 fully saturated rings. The number of aromatic nitrogens is 2. The second-order valence-electron chi connectivity index (χ2n) is 7.41. The number of fused-ring (bicyclic) bond motifs is 1. The minimum atomic E-state index is -4.34. The van der Waals surface area contributed by atoms with Crippen molar-refractivity contribution < 1.29 is 18.1 Å². The number of piperazine rings is 1. The van der Waals surface area contributed by atoms with Gasteiger partial charge in [-0.2, -0.15) is 13.2 Å². The smallest absolute Gasteiger partial charge is 0.360 e. The summed E-state index contributed by atoms with van der Waals surface area (Å²) in [5.41, 5.74) is 2.09. The highest BCUT2D eigenvalue weighted by Gasteiger charge is 2.31. The Morgan fingerprint density at radius 3 is 2.52 bits per heavy atom. The van der Waals surface area contributed by atoms with E-state index in [0.717, 1.165) is 30.5 Å². The number of quaternary nitrogens is 1. The molecular weight excluding hydrogens is 381 g/mol. The van der Waals surface area contributed by atoms with Gasteiger partial charge in [0.15, 0.2) is 0 Å². The zero-order valence-electron chi connectivity index (χ0n) is 16.0. The van der Waals surface area contributed by atoms with Crippen LogP contribution in [0, 0.1) is 6.92 Å². The van der Waals surface area contributed by atoms with Crippen LogP contribution in [0.25, 0.3) is 5.65 Å². The third-order valence-corrected chi connectivity index (χ3v) is 5.37. The molecule has 0 saturated carbocycles. The number of anilines is 1. The fourth-order valence-electron chi connectivity index (χ4n) is 3.85. The minimum absolute atomic E-state index is 0.0925. The lowest BCUT2D eigenvalue weighted by molar-refractivity contribution is -0.914. The largest absolute Gasteiger partial charge is 0.416 e. The van der Waals surface area contributed by atoms with Crippen LogP contribution in [0.1, 0.15) is 17.0 Å². The van der Waals surface area contributed by atoms with Gasteiger partial charge in [0.2, 0.25) is 0 Å². The van der Waals surface area contributed by atoms with Crippen molar-refractivity contribution in [2.45, 2.75) is 19.6 Å². The van der Waals surface area contributed by atoms with Gasteiger partial charge >= 0.3 is 6.18 Å². The van der Waals surface area contributed by atoms with Crippen LogP contribution in [-0.2, 0) is 12.7 Å². The van der Waals surface area contributed by atoms with Gasteiger partial charge in [-0.15, -0.1) is 0 Å². The number of benzene rings is 1. The summed E-state index contributed by atoms with van der Waals surface area (Å²) in [5, 5.41) is 0. The highest BCUT2D eigenvalue weighted by atomic mass is 19.4. The molecule has 0 bridgehead atoms. The van der Waals surface area contributed by atoms with Crippen molar-refractivity contribution in [2.24, 2.45) is 0 Å². The SMILES string of the molecule is Cc1cccc2nc(C[NH+]3CCN(c4cccc(C(F)(F)F)c4)CC3)cc(=O)n12. The van der Waals surface area contributed by atoms with E-state index in [1.807, 2.05) is 30.0 Å². The number of nitrogens with zero attached hydrogens (tertiary/aromatic N) is 3. The van der Waals surface area contributed by atoms with E-state index in [1.165, 1.54) is 17.0 Å². The maximum atomic E-state index is 13.0. The number of rotatable bonds is 3. The van der Waals surface area contributed by atoms with E-state index in [0.29, 0.717) is 31.0 Å². The Balaban J connectivity index is 1.44. The summed E-state index contributed by atoms with van der Waals surface area (Å²) >= 11 is 0. The highest BCUT2D eigenvalue weighted by molar-refractivity contribution is 5.49. The number of hydrogen-bond donors (Lipinski definition) is 1. The summed E-state index contributed by atoms with van der Waals surface area (Å²) in [6.07, 6.45) is -4.34. The van der Waals surface area contributed by atoms with Gasteiger partial charge in [0.1, 0.15) is 17.9 Å². The van der Waals surface area contributed by atoms with Gasteiger partial charge in [0, 0.05) is 17.4 Å². The summed E-state index contributed by atoms with van der Waals surface area (Å²) in [4.78, 5) is 20.3. The number of alkyl halides is 3. The molecule has 0 amide bonds. The van der Waals surface area contributed by atoms with E-state index in [9.17, 15) is 18.0 Å². The van der Waals surface area contributed by atoms with Gasteiger partial charge in [-0.1, -0.05) is 12.1 Å². The Kier molecular flexibility index (Phi) is 5.04. The predicted octanol–water partition coefficient (Wildman–Crippen LogP) is 1.93. The lowest BCUT2D eigenvalue weighted by Crippen LogP contribution is -3.13. The van der Waals surface area contributed by atoms with E-state index in [-0.39, 0.29) is 5.56 Å². The van der Waals surface area contributed by atoms with Gasteiger partial charge in [-0.05, 0) is 37.3 Å². The molecule has 1 N–H and O–H groups in total. The van der Waals surface area contributed by atoms with Gasteiger partial charge in [0.05, 0.1) is 31.7 Å². The van der Waals surface area contributed by atoms with Crippen molar-refractivity contribution in [1.29, 1.82) is 0 Å². The third kappa shape index (κ3) is 4.12. The molecule has 3 heterocycles. The molecule has 5 nitrogen and oxygen atoms in total. The van der Waals surface area contributed by atoms with Crippen LogP contribution in [0.2, 0.25) is 0 Å². The Bertz CT molecular complexity index is 1090. The van der Waals surface area contributed by atoms with E-state index in [1.54, 1.807) is 16.5 Å². The molecule has 3 aromatic rings. The zero-order valence-corrected chi connectivity index (χ0v) is 16.0. The van der Waals surface area contributed by atoms with E-state index >= 15 is 0 Å². The lowest BCUT2D eigenvalue weighted by atomic mass is 10.1. The molecular formula is C21H22F3N4O+. The Morgan fingerprint density at radius 1 is 1.07 bits per heavy atom.